The molecule has 0 radical (unpaired) electrons. The summed E-state index contributed by atoms with van der Waals surface area (Å²) < 4.78 is 5.31. The van der Waals surface area contributed by atoms with Crippen molar-refractivity contribution < 1.29 is 4.74 Å². The van der Waals surface area contributed by atoms with Crippen molar-refractivity contribution >= 4 is 17.3 Å². The highest BCUT2D eigenvalue weighted by Crippen LogP contribution is 2.33. The highest BCUT2D eigenvalue weighted by Gasteiger charge is 2.35. The topological polar surface area (TPSA) is 9.23 Å². The summed E-state index contributed by atoms with van der Waals surface area (Å²) in [5.74, 6) is 0. The normalized spacial score (nSPS) is 32.3. The molecule has 52 valence electrons. The third-order valence-corrected chi connectivity index (χ3v) is 2.31. The van der Waals surface area contributed by atoms with Gasteiger partial charge in [-0.05, 0) is 25.6 Å². The van der Waals surface area contributed by atoms with Crippen molar-refractivity contribution in [3.05, 3.63) is 0 Å². The van der Waals surface area contributed by atoms with Gasteiger partial charge in [-0.1, -0.05) is 13.8 Å². The monoisotopic (exact) mass is 144 g/mol. The average molecular weight is 144 g/mol. The van der Waals surface area contributed by atoms with Gasteiger partial charge in [0.2, 0.25) is 0 Å². The van der Waals surface area contributed by atoms with Gasteiger partial charge in [-0.15, -0.1) is 0 Å². The van der Waals surface area contributed by atoms with Crippen molar-refractivity contribution in [3.8, 4) is 0 Å². The van der Waals surface area contributed by atoms with Crippen LogP contribution in [0.25, 0.3) is 0 Å². The van der Waals surface area contributed by atoms with E-state index < -0.39 is 0 Å². The van der Waals surface area contributed by atoms with Gasteiger partial charge in [-0.2, -0.15) is 0 Å². The molecule has 1 atom stereocenters. The number of rotatable bonds is 0. The van der Waals surface area contributed by atoms with Gasteiger partial charge in [0.1, 0.15) is 0 Å². The Morgan fingerprint density at radius 2 is 2.22 bits per heavy atom. The maximum absolute atomic E-state index is 5.31. The second-order valence-electron chi connectivity index (χ2n) is 3.30. The first-order valence-corrected chi connectivity index (χ1v) is 3.64. The van der Waals surface area contributed by atoms with Gasteiger partial charge in [0.15, 0.2) is 5.05 Å². The largest absolute Gasteiger partial charge is 0.484 e. The molecule has 1 aliphatic rings. The van der Waals surface area contributed by atoms with Crippen LogP contribution in [-0.4, -0.2) is 11.2 Å². The second-order valence-corrected chi connectivity index (χ2v) is 3.67. The quantitative estimate of drug-likeness (QED) is 0.482. The summed E-state index contributed by atoms with van der Waals surface area (Å²) in [6, 6.07) is 0. The molecular weight excluding hydrogens is 132 g/mol. The molecule has 0 aliphatic carbocycles. The summed E-state index contributed by atoms with van der Waals surface area (Å²) in [7, 11) is 0. The lowest BCUT2D eigenvalue weighted by atomic mass is 9.91. The molecule has 0 N–H and O–H groups in total. The lowest BCUT2D eigenvalue weighted by Crippen LogP contribution is -2.14. The predicted octanol–water partition coefficient (Wildman–Crippen LogP) is 2.15. The maximum Gasteiger partial charge on any atom is 0.165 e. The van der Waals surface area contributed by atoms with E-state index in [-0.39, 0.29) is 5.41 Å². The SMILES string of the molecule is CC1CC(C)(C)C(=S)O1. The van der Waals surface area contributed by atoms with Crippen LogP contribution in [0.15, 0.2) is 0 Å². The molecule has 9 heavy (non-hydrogen) atoms. The first kappa shape index (κ1) is 7.00. The van der Waals surface area contributed by atoms with Crippen LogP contribution in [0, 0.1) is 5.41 Å². The van der Waals surface area contributed by atoms with Crippen LogP contribution >= 0.6 is 12.2 Å². The van der Waals surface area contributed by atoms with E-state index in [0.717, 1.165) is 11.5 Å². The van der Waals surface area contributed by atoms with Crippen molar-refractivity contribution in [1.29, 1.82) is 0 Å². The summed E-state index contributed by atoms with van der Waals surface area (Å²) in [6.45, 7) is 6.30. The number of hydrogen-bond donors (Lipinski definition) is 0. The molecular formula is C7H12OS. The summed E-state index contributed by atoms with van der Waals surface area (Å²) in [5.41, 5.74) is 0.134. The minimum absolute atomic E-state index is 0.134. The van der Waals surface area contributed by atoms with Crippen LogP contribution in [0.5, 0.6) is 0 Å². The first-order chi connectivity index (χ1) is 4.02. The fourth-order valence-electron chi connectivity index (χ4n) is 1.19. The Morgan fingerprint density at radius 3 is 2.33 bits per heavy atom. The molecule has 1 rings (SSSR count). The first-order valence-electron chi connectivity index (χ1n) is 3.23. The van der Waals surface area contributed by atoms with Gasteiger partial charge in [0, 0.05) is 5.41 Å². The maximum atomic E-state index is 5.31. The Morgan fingerprint density at radius 1 is 1.67 bits per heavy atom. The van der Waals surface area contributed by atoms with E-state index in [2.05, 4.69) is 20.8 Å². The number of hydrogen-bond acceptors (Lipinski definition) is 2. The van der Waals surface area contributed by atoms with E-state index >= 15 is 0 Å². The molecule has 1 nitrogen and oxygen atoms in total. The Hall–Kier alpha value is -0.110. The molecule has 1 heterocycles. The van der Waals surface area contributed by atoms with Crippen LogP contribution in [0.2, 0.25) is 0 Å². The molecule has 1 unspecified atom stereocenters. The van der Waals surface area contributed by atoms with Crippen LogP contribution in [-0.2, 0) is 4.74 Å². The minimum atomic E-state index is 0.134. The van der Waals surface area contributed by atoms with E-state index in [1.54, 1.807) is 0 Å². The molecule has 1 fully saturated rings. The summed E-state index contributed by atoms with van der Waals surface area (Å²) >= 11 is 5.01. The van der Waals surface area contributed by atoms with Gasteiger partial charge in [0.25, 0.3) is 0 Å². The smallest absolute Gasteiger partial charge is 0.165 e. The summed E-state index contributed by atoms with van der Waals surface area (Å²) in [4.78, 5) is 0. The van der Waals surface area contributed by atoms with Crippen molar-refractivity contribution in [3.63, 3.8) is 0 Å². The highest BCUT2D eigenvalue weighted by atomic mass is 32.1. The molecule has 0 aromatic carbocycles. The fraction of sp³-hybridized carbons (Fsp3) is 0.857. The molecule has 2 heteroatoms. The van der Waals surface area contributed by atoms with Gasteiger partial charge in [0.05, 0.1) is 6.10 Å². The van der Waals surface area contributed by atoms with E-state index in [9.17, 15) is 0 Å². The average Bonchev–Trinajstić information content (AvgIpc) is 1.79. The fourth-order valence-corrected chi connectivity index (χ4v) is 1.43. The Bertz CT molecular complexity index is 140. The zero-order chi connectivity index (χ0) is 7.07. The van der Waals surface area contributed by atoms with E-state index in [1.807, 2.05) is 0 Å². The molecule has 1 aliphatic heterocycles. The zero-order valence-electron chi connectivity index (χ0n) is 6.10. The lowest BCUT2D eigenvalue weighted by molar-refractivity contribution is 0.243. The van der Waals surface area contributed by atoms with E-state index in [1.165, 1.54) is 0 Å². The molecule has 0 bridgehead atoms. The lowest BCUT2D eigenvalue weighted by Gasteiger charge is -2.11. The Labute approximate surface area is 61.4 Å². The van der Waals surface area contributed by atoms with E-state index in [4.69, 9.17) is 17.0 Å². The third-order valence-electron chi connectivity index (χ3n) is 1.66. The Balaban J connectivity index is 2.70. The summed E-state index contributed by atoms with van der Waals surface area (Å²) in [5, 5.41) is 0.773. The van der Waals surface area contributed by atoms with Crippen LogP contribution in [0.3, 0.4) is 0 Å². The molecule has 0 amide bonds. The van der Waals surface area contributed by atoms with Crippen LogP contribution in [0.4, 0.5) is 0 Å². The number of thiocarbonyl (C=S) groups is 1. The molecule has 0 spiro atoms. The van der Waals surface area contributed by atoms with Crippen LogP contribution in [0.1, 0.15) is 27.2 Å². The molecule has 0 aromatic rings. The van der Waals surface area contributed by atoms with E-state index in [0.29, 0.717) is 6.10 Å². The van der Waals surface area contributed by atoms with Gasteiger partial charge in [-0.3, -0.25) is 0 Å². The van der Waals surface area contributed by atoms with Crippen molar-refractivity contribution in [2.75, 3.05) is 0 Å². The minimum Gasteiger partial charge on any atom is -0.484 e. The highest BCUT2D eigenvalue weighted by molar-refractivity contribution is 7.80. The molecule has 0 saturated carbocycles. The molecule has 1 saturated heterocycles. The second kappa shape index (κ2) is 1.94. The third kappa shape index (κ3) is 1.23. The van der Waals surface area contributed by atoms with Gasteiger partial charge >= 0.3 is 0 Å². The Kier molecular flexibility index (Phi) is 1.51. The zero-order valence-corrected chi connectivity index (χ0v) is 6.92. The van der Waals surface area contributed by atoms with Crippen molar-refractivity contribution in [2.45, 2.75) is 33.3 Å². The molecule has 0 aromatic heterocycles. The predicted molar refractivity (Wildman–Crippen MR) is 41.5 cm³/mol. The van der Waals surface area contributed by atoms with Gasteiger partial charge < -0.3 is 4.74 Å². The van der Waals surface area contributed by atoms with Crippen molar-refractivity contribution in [1.82, 2.24) is 0 Å². The van der Waals surface area contributed by atoms with Gasteiger partial charge in [-0.25, -0.2) is 0 Å². The van der Waals surface area contributed by atoms with Crippen LogP contribution < -0.4 is 0 Å². The van der Waals surface area contributed by atoms with Crippen molar-refractivity contribution in [2.24, 2.45) is 5.41 Å². The number of ether oxygens (including phenoxy) is 1. The standard InChI is InChI=1S/C7H12OS/c1-5-4-7(2,3)6(9)8-5/h5H,4H2,1-3H3. The summed E-state index contributed by atoms with van der Waals surface area (Å²) in [6.07, 6.45) is 1.39.